The number of nitrogens with zero attached hydrogens (tertiary/aromatic N) is 1. The lowest BCUT2D eigenvalue weighted by Crippen LogP contribution is -2.47. The minimum absolute atomic E-state index is 0.0408. The SMILES string of the molecule is Cc1ccc([C@H](NCC(=O)NC2CCN(Cc3ccccc3)CC2)c2cccs2)cc1. The quantitative estimate of drug-likeness (QED) is 0.549. The van der Waals surface area contributed by atoms with Gasteiger partial charge in [-0.2, -0.15) is 0 Å². The summed E-state index contributed by atoms with van der Waals surface area (Å²) in [6, 6.07) is 23.6. The van der Waals surface area contributed by atoms with Crippen LogP contribution in [0.25, 0.3) is 0 Å². The summed E-state index contributed by atoms with van der Waals surface area (Å²) in [5.74, 6) is 0.0789. The number of benzene rings is 2. The number of carbonyl (C=O) groups is 1. The van der Waals surface area contributed by atoms with Crippen LogP contribution in [-0.4, -0.2) is 36.5 Å². The van der Waals surface area contributed by atoms with Gasteiger partial charge < -0.3 is 5.32 Å². The van der Waals surface area contributed by atoms with Crippen molar-refractivity contribution in [2.75, 3.05) is 19.6 Å². The Balaban J connectivity index is 1.26. The standard InChI is InChI=1S/C26H31N3OS/c1-20-9-11-22(12-10-20)26(24-8-5-17-31-24)27-18-25(30)28-23-13-15-29(16-14-23)19-21-6-3-2-4-7-21/h2-12,17,23,26-27H,13-16,18-19H2,1H3,(H,28,30)/t26-/m0/s1. The number of amides is 1. The van der Waals surface area contributed by atoms with Crippen LogP contribution in [0.3, 0.4) is 0 Å². The van der Waals surface area contributed by atoms with Gasteiger partial charge in [-0.3, -0.25) is 15.0 Å². The van der Waals surface area contributed by atoms with Gasteiger partial charge in [-0.15, -0.1) is 11.3 Å². The molecule has 2 heterocycles. The zero-order valence-electron chi connectivity index (χ0n) is 18.1. The molecule has 1 aliphatic rings. The molecule has 162 valence electrons. The first-order valence-electron chi connectivity index (χ1n) is 11.1. The van der Waals surface area contributed by atoms with Crippen LogP contribution in [-0.2, 0) is 11.3 Å². The lowest BCUT2D eigenvalue weighted by Gasteiger charge is -2.32. The molecule has 1 fully saturated rings. The van der Waals surface area contributed by atoms with Gasteiger partial charge in [0.05, 0.1) is 12.6 Å². The largest absolute Gasteiger partial charge is 0.352 e. The Morgan fingerprint density at radius 3 is 2.45 bits per heavy atom. The van der Waals surface area contributed by atoms with Gasteiger partial charge in [-0.1, -0.05) is 66.2 Å². The monoisotopic (exact) mass is 433 g/mol. The molecule has 0 unspecified atom stereocenters. The van der Waals surface area contributed by atoms with E-state index in [0.29, 0.717) is 6.54 Å². The predicted octanol–water partition coefficient (Wildman–Crippen LogP) is 4.52. The van der Waals surface area contributed by atoms with Gasteiger partial charge in [0.2, 0.25) is 5.91 Å². The van der Waals surface area contributed by atoms with Gasteiger partial charge >= 0.3 is 0 Å². The van der Waals surface area contributed by atoms with Crippen LogP contribution in [0.1, 0.15) is 40.5 Å². The minimum Gasteiger partial charge on any atom is -0.352 e. The molecule has 3 aromatic rings. The molecule has 4 rings (SSSR count). The Morgan fingerprint density at radius 2 is 1.77 bits per heavy atom. The molecule has 0 radical (unpaired) electrons. The first kappa shape index (κ1) is 21.8. The highest BCUT2D eigenvalue weighted by Crippen LogP contribution is 2.26. The number of thiophene rings is 1. The molecule has 5 heteroatoms. The number of nitrogens with one attached hydrogen (secondary N) is 2. The van der Waals surface area contributed by atoms with E-state index in [1.54, 1.807) is 11.3 Å². The Hall–Kier alpha value is -2.47. The van der Waals surface area contributed by atoms with Crippen molar-refractivity contribution in [3.05, 3.63) is 93.7 Å². The Labute approximate surface area is 189 Å². The van der Waals surface area contributed by atoms with Crippen molar-refractivity contribution in [2.45, 2.75) is 38.4 Å². The van der Waals surface area contributed by atoms with Gasteiger partial charge in [0, 0.05) is 30.6 Å². The van der Waals surface area contributed by atoms with Gasteiger partial charge in [-0.25, -0.2) is 0 Å². The fourth-order valence-electron chi connectivity index (χ4n) is 4.15. The zero-order chi connectivity index (χ0) is 21.5. The van der Waals surface area contributed by atoms with Crippen LogP contribution in [0.15, 0.2) is 72.1 Å². The van der Waals surface area contributed by atoms with Gasteiger partial charge in [0.25, 0.3) is 0 Å². The predicted molar refractivity (Wildman–Crippen MR) is 128 cm³/mol. The first-order valence-corrected chi connectivity index (χ1v) is 11.9. The van der Waals surface area contributed by atoms with Crippen molar-refractivity contribution in [2.24, 2.45) is 0 Å². The van der Waals surface area contributed by atoms with Crippen LogP contribution in [0, 0.1) is 6.92 Å². The Kier molecular flexibility index (Phi) is 7.52. The van der Waals surface area contributed by atoms with Crippen molar-refractivity contribution in [1.82, 2.24) is 15.5 Å². The number of piperidine rings is 1. The summed E-state index contributed by atoms with van der Waals surface area (Å²) in [6.07, 6.45) is 2.01. The van der Waals surface area contributed by atoms with Crippen molar-refractivity contribution in [3.63, 3.8) is 0 Å². The number of hydrogen-bond acceptors (Lipinski definition) is 4. The van der Waals surface area contributed by atoms with Crippen molar-refractivity contribution >= 4 is 17.2 Å². The third-order valence-electron chi connectivity index (χ3n) is 5.91. The van der Waals surface area contributed by atoms with Crippen LogP contribution in [0.5, 0.6) is 0 Å². The van der Waals surface area contributed by atoms with E-state index >= 15 is 0 Å². The third kappa shape index (κ3) is 6.26. The molecule has 1 aromatic heterocycles. The molecule has 2 aromatic carbocycles. The van der Waals surface area contributed by atoms with E-state index in [1.165, 1.54) is 21.6 Å². The smallest absolute Gasteiger partial charge is 0.234 e. The third-order valence-corrected chi connectivity index (χ3v) is 6.84. The number of rotatable bonds is 8. The van der Waals surface area contributed by atoms with E-state index < -0.39 is 0 Å². The molecule has 2 N–H and O–H groups in total. The summed E-state index contributed by atoms with van der Waals surface area (Å²) in [6.45, 7) is 5.45. The van der Waals surface area contributed by atoms with Gasteiger partial charge in [0.1, 0.15) is 0 Å². The second kappa shape index (κ2) is 10.7. The number of likely N-dealkylation sites (tertiary alicyclic amines) is 1. The highest BCUT2D eigenvalue weighted by atomic mass is 32.1. The summed E-state index contributed by atoms with van der Waals surface area (Å²) < 4.78 is 0. The molecular weight excluding hydrogens is 402 g/mol. The molecule has 1 amide bonds. The molecule has 0 spiro atoms. The topological polar surface area (TPSA) is 44.4 Å². The van der Waals surface area contributed by atoms with Crippen LogP contribution >= 0.6 is 11.3 Å². The van der Waals surface area contributed by atoms with E-state index in [4.69, 9.17) is 0 Å². The number of hydrogen-bond donors (Lipinski definition) is 2. The highest BCUT2D eigenvalue weighted by Gasteiger charge is 2.22. The van der Waals surface area contributed by atoms with Crippen LogP contribution in [0.4, 0.5) is 0 Å². The average Bonchev–Trinajstić information content (AvgIpc) is 3.32. The molecule has 31 heavy (non-hydrogen) atoms. The summed E-state index contributed by atoms with van der Waals surface area (Å²) in [4.78, 5) is 16.4. The second-order valence-electron chi connectivity index (χ2n) is 8.34. The van der Waals surface area contributed by atoms with E-state index in [2.05, 4.69) is 94.6 Å². The van der Waals surface area contributed by atoms with Gasteiger partial charge in [0.15, 0.2) is 0 Å². The Bertz CT molecular complexity index is 933. The highest BCUT2D eigenvalue weighted by molar-refractivity contribution is 7.10. The molecule has 1 saturated heterocycles. The van der Waals surface area contributed by atoms with Crippen LogP contribution in [0.2, 0.25) is 0 Å². The fraction of sp³-hybridized carbons (Fsp3) is 0.346. The normalized spacial score (nSPS) is 16.2. The van der Waals surface area contributed by atoms with Crippen molar-refractivity contribution in [3.8, 4) is 0 Å². The minimum atomic E-state index is 0.0408. The average molecular weight is 434 g/mol. The van der Waals surface area contributed by atoms with Crippen molar-refractivity contribution < 1.29 is 4.79 Å². The second-order valence-corrected chi connectivity index (χ2v) is 9.32. The molecular formula is C26H31N3OS. The maximum Gasteiger partial charge on any atom is 0.234 e. The zero-order valence-corrected chi connectivity index (χ0v) is 18.9. The van der Waals surface area contributed by atoms with Crippen LogP contribution < -0.4 is 10.6 Å². The lowest BCUT2D eigenvalue weighted by atomic mass is 10.0. The van der Waals surface area contributed by atoms with Crippen molar-refractivity contribution in [1.29, 1.82) is 0 Å². The lowest BCUT2D eigenvalue weighted by molar-refractivity contribution is -0.121. The molecule has 0 saturated carbocycles. The number of aryl methyl sites for hydroxylation is 1. The Morgan fingerprint density at radius 1 is 1.03 bits per heavy atom. The summed E-state index contributed by atoms with van der Waals surface area (Å²) >= 11 is 1.72. The molecule has 0 bridgehead atoms. The van der Waals surface area contributed by atoms with E-state index in [0.717, 1.165) is 32.5 Å². The molecule has 4 nitrogen and oxygen atoms in total. The van der Waals surface area contributed by atoms with E-state index in [9.17, 15) is 4.79 Å². The molecule has 1 atom stereocenters. The van der Waals surface area contributed by atoms with E-state index in [-0.39, 0.29) is 18.0 Å². The molecule has 0 aliphatic carbocycles. The maximum absolute atomic E-state index is 12.7. The van der Waals surface area contributed by atoms with E-state index in [1.807, 2.05) is 0 Å². The first-order chi connectivity index (χ1) is 15.2. The van der Waals surface area contributed by atoms with Gasteiger partial charge in [-0.05, 0) is 42.3 Å². The summed E-state index contributed by atoms with van der Waals surface area (Å²) in [7, 11) is 0. The number of carbonyl (C=O) groups excluding carboxylic acids is 1. The summed E-state index contributed by atoms with van der Waals surface area (Å²) in [5.41, 5.74) is 3.78. The fourth-order valence-corrected chi connectivity index (χ4v) is 4.97. The maximum atomic E-state index is 12.7. The molecule has 1 aliphatic heterocycles. The summed E-state index contributed by atoms with van der Waals surface area (Å²) in [5, 5.41) is 8.80.